The summed E-state index contributed by atoms with van der Waals surface area (Å²) in [7, 11) is 0. The van der Waals surface area contributed by atoms with Crippen molar-refractivity contribution in [1.82, 2.24) is 25.2 Å². The van der Waals surface area contributed by atoms with E-state index in [9.17, 15) is 13.6 Å². The number of carbonyl (C=O) groups excluding carboxylic acids is 1. The van der Waals surface area contributed by atoms with Gasteiger partial charge in [0, 0.05) is 48.2 Å². The molecule has 2 aliphatic carbocycles. The molecule has 5 atom stereocenters. The first-order valence-corrected chi connectivity index (χ1v) is 11.1. The van der Waals surface area contributed by atoms with Crippen molar-refractivity contribution in [2.24, 2.45) is 11.3 Å². The maximum atomic E-state index is 13.7. The van der Waals surface area contributed by atoms with Gasteiger partial charge in [-0.3, -0.25) is 4.79 Å². The standard InChI is InChI=1S/C24H23F2N5O2/c1-13-3-5-16(19(30-13)22-27-7-2-8-28-22)23(32)31-12-15-9-24(15)10-17(20(24)31)33-18-6-4-14(11-29-18)21(25)26/h2-8,11,13,15,17,20-21,30H,9-10,12H2,1H3. The van der Waals surface area contributed by atoms with Crippen LogP contribution in [0.4, 0.5) is 8.78 Å². The van der Waals surface area contributed by atoms with E-state index in [0.717, 1.165) is 19.0 Å². The van der Waals surface area contributed by atoms with Gasteiger partial charge in [0.15, 0.2) is 5.82 Å². The molecule has 33 heavy (non-hydrogen) atoms. The quantitative estimate of drug-likeness (QED) is 0.753. The number of aromatic nitrogens is 3. The summed E-state index contributed by atoms with van der Waals surface area (Å²) in [5, 5.41) is 3.34. The minimum Gasteiger partial charge on any atom is -0.472 e. The number of halogens is 2. The van der Waals surface area contributed by atoms with Crippen LogP contribution < -0.4 is 10.1 Å². The van der Waals surface area contributed by atoms with Crippen molar-refractivity contribution < 1.29 is 18.3 Å². The van der Waals surface area contributed by atoms with E-state index in [1.165, 1.54) is 12.1 Å². The Labute approximate surface area is 189 Å². The molecule has 0 bridgehead atoms. The predicted molar refractivity (Wildman–Crippen MR) is 115 cm³/mol. The van der Waals surface area contributed by atoms with E-state index >= 15 is 0 Å². The molecule has 7 nitrogen and oxygen atoms in total. The average Bonchev–Trinajstić information content (AvgIpc) is 3.47. The zero-order valence-electron chi connectivity index (χ0n) is 18.0. The number of dihydropyridines is 1. The number of likely N-dealkylation sites (tertiary alicyclic amines) is 1. The van der Waals surface area contributed by atoms with Gasteiger partial charge in [0.25, 0.3) is 12.3 Å². The number of alkyl halides is 2. The number of piperidine rings is 1. The molecule has 2 aromatic heterocycles. The highest BCUT2D eigenvalue weighted by Gasteiger charge is 2.76. The summed E-state index contributed by atoms with van der Waals surface area (Å²) < 4.78 is 31.7. The fraction of sp³-hybridized carbons (Fsp3) is 0.417. The molecule has 2 saturated carbocycles. The van der Waals surface area contributed by atoms with E-state index in [1.54, 1.807) is 18.5 Å². The Bertz CT molecular complexity index is 1150. The summed E-state index contributed by atoms with van der Waals surface area (Å²) in [6.45, 7) is 2.69. The molecule has 2 aromatic rings. The maximum Gasteiger partial charge on any atom is 0.265 e. The molecule has 0 radical (unpaired) electrons. The first-order chi connectivity index (χ1) is 16.0. The second kappa shape index (κ2) is 7.33. The second-order valence-corrected chi connectivity index (χ2v) is 9.28. The lowest BCUT2D eigenvalue weighted by atomic mass is 9.73. The molecule has 9 heteroatoms. The van der Waals surface area contributed by atoms with Gasteiger partial charge in [-0.25, -0.2) is 23.7 Å². The molecular formula is C24H23F2N5O2. The SMILES string of the molecule is CC1C=CC(C(=O)N2CC3CC34CC(Oc3ccc(C(F)F)cn3)C24)=C(c2ncccn2)N1. The van der Waals surface area contributed by atoms with Crippen LogP contribution in [0.2, 0.25) is 0 Å². The van der Waals surface area contributed by atoms with Gasteiger partial charge in [0.1, 0.15) is 6.10 Å². The molecular weight excluding hydrogens is 428 g/mol. The molecule has 1 amide bonds. The van der Waals surface area contributed by atoms with Crippen molar-refractivity contribution in [2.75, 3.05) is 6.54 Å². The van der Waals surface area contributed by atoms with Gasteiger partial charge in [0.05, 0.1) is 17.3 Å². The van der Waals surface area contributed by atoms with Crippen molar-refractivity contribution in [1.29, 1.82) is 0 Å². The monoisotopic (exact) mass is 451 g/mol. The number of amides is 1. The lowest BCUT2D eigenvalue weighted by Gasteiger charge is -2.47. The van der Waals surface area contributed by atoms with Crippen LogP contribution in [0.15, 0.2) is 54.5 Å². The van der Waals surface area contributed by atoms with Crippen molar-refractivity contribution in [3.63, 3.8) is 0 Å². The van der Waals surface area contributed by atoms with Gasteiger partial charge in [-0.1, -0.05) is 6.08 Å². The predicted octanol–water partition coefficient (Wildman–Crippen LogP) is 3.14. The smallest absolute Gasteiger partial charge is 0.265 e. The van der Waals surface area contributed by atoms with Crippen molar-refractivity contribution in [3.8, 4) is 5.88 Å². The van der Waals surface area contributed by atoms with E-state index in [1.807, 2.05) is 24.0 Å². The maximum absolute atomic E-state index is 13.7. The van der Waals surface area contributed by atoms with Crippen LogP contribution in [-0.2, 0) is 4.79 Å². The van der Waals surface area contributed by atoms with Gasteiger partial charge in [-0.05, 0) is 43.9 Å². The Morgan fingerprint density at radius 3 is 2.79 bits per heavy atom. The van der Waals surface area contributed by atoms with Gasteiger partial charge in [0.2, 0.25) is 5.88 Å². The fourth-order valence-corrected chi connectivity index (χ4v) is 5.62. The number of hydrogen-bond donors (Lipinski definition) is 1. The number of pyridine rings is 1. The van der Waals surface area contributed by atoms with Crippen molar-refractivity contribution in [2.45, 2.75) is 44.4 Å². The number of nitrogens with one attached hydrogen (secondary N) is 1. The molecule has 3 fully saturated rings. The van der Waals surface area contributed by atoms with E-state index in [2.05, 4.69) is 20.3 Å². The summed E-state index contributed by atoms with van der Waals surface area (Å²) in [5.74, 6) is 1.21. The second-order valence-electron chi connectivity index (χ2n) is 9.28. The summed E-state index contributed by atoms with van der Waals surface area (Å²) in [4.78, 5) is 28.3. The molecule has 1 saturated heterocycles. The Morgan fingerprint density at radius 1 is 1.24 bits per heavy atom. The normalized spacial score (nSPS) is 31.6. The lowest BCUT2D eigenvalue weighted by Crippen LogP contribution is -2.59. The van der Waals surface area contributed by atoms with E-state index in [0.29, 0.717) is 35.4 Å². The summed E-state index contributed by atoms with van der Waals surface area (Å²) in [6.07, 6.45) is 7.44. The zero-order chi connectivity index (χ0) is 22.7. The summed E-state index contributed by atoms with van der Waals surface area (Å²) >= 11 is 0. The highest BCUT2D eigenvalue weighted by atomic mass is 19.3. The Kier molecular flexibility index (Phi) is 4.50. The molecule has 0 aromatic carbocycles. The number of hydrogen-bond acceptors (Lipinski definition) is 6. The third-order valence-electron chi connectivity index (χ3n) is 7.31. The number of carbonyl (C=O) groups is 1. The van der Waals surface area contributed by atoms with Crippen molar-refractivity contribution >= 4 is 11.6 Å². The Balaban J connectivity index is 1.26. The third-order valence-corrected chi connectivity index (χ3v) is 7.31. The highest BCUT2D eigenvalue weighted by molar-refractivity contribution is 6.04. The summed E-state index contributed by atoms with van der Waals surface area (Å²) in [6, 6.07) is 4.55. The minimum absolute atomic E-state index is 0.0511. The number of rotatable bonds is 5. The van der Waals surface area contributed by atoms with Gasteiger partial charge >= 0.3 is 0 Å². The Morgan fingerprint density at radius 2 is 2.06 bits per heavy atom. The van der Waals surface area contributed by atoms with Crippen LogP contribution in [0.1, 0.15) is 37.6 Å². The van der Waals surface area contributed by atoms with E-state index in [4.69, 9.17) is 4.74 Å². The summed E-state index contributed by atoms with van der Waals surface area (Å²) in [5.41, 5.74) is 1.15. The largest absolute Gasteiger partial charge is 0.472 e. The van der Waals surface area contributed by atoms with Gasteiger partial charge < -0.3 is 15.0 Å². The lowest BCUT2D eigenvalue weighted by molar-refractivity contribution is -0.136. The van der Waals surface area contributed by atoms with Gasteiger partial charge in [-0.15, -0.1) is 0 Å². The zero-order valence-corrected chi connectivity index (χ0v) is 18.0. The third kappa shape index (κ3) is 3.20. The molecule has 4 aliphatic rings. The Hall–Kier alpha value is -3.36. The van der Waals surface area contributed by atoms with Crippen LogP contribution in [0, 0.1) is 11.3 Å². The van der Waals surface area contributed by atoms with Crippen LogP contribution in [0.3, 0.4) is 0 Å². The molecule has 4 heterocycles. The van der Waals surface area contributed by atoms with Gasteiger partial charge in [-0.2, -0.15) is 0 Å². The van der Waals surface area contributed by atoms with Crippen LogP contribution in [0.5, 0.6) is 5.88 Å². The first kappa shape index (κ1) is 20.3. The van der Waals surface area contributed by atoms with Crippen molar-refractivity contribution in [3.05, 3.63) is 65.9 Å². The first-order valence-electron chi connectivity index (χ1n) is 11.1. The van der Waals surface area contributed by atoms with Crippen LogP contribution in [-0.4, -0.2) is 50.5 Å². The molecule has 6 rings (SSSR count). The highest BCUT2D eigenvalue weighted by Crippen LogP contribution is 2.71. The van der Waals surface area contributed by atoms with E-state index in [-0.39, 0.29) is 35.1 Å². The number of ether oxygens (including phenoxy) is 1. The molecule has 1 N–H and O–H groups in total. The molecule has 2 aliphatic heterocycles. The molecule has 170 valence electrons. The molecule has 1 spiro atoms. The minimum atomic E-state index is -2.57. The average molecular weight is 451 g/mol. The van der Waals surface area contributed by atoms with Crippen LogP contribution in [0.25, 0.3) is 5.70 Å². The van der Waals surface area contributed by atoms with E-state index < -0.39 is 6.43 Å². The fourth-order valence-electron chi connectivity index (χ4n) is 5.62. The number of nitrogens with zero attached hydrogens (tertiary/aromatic N) is 4. The van der Waals surface area contributed by atoms with Crippen LogP contribution >= 0.6 is 0 Å². The molecule has 5 unspecified atom stereocenters. The topological polar surface area (TPSA) is 80.2 Å².